The number of aliphatic hydroxyl groups is 1. The molecule has 1 unspecified atom stereocenters. The number of imidazole rings is 1. The zero-order chi connectivity index (χ0) is 23.0. The van der Waals surface area contributed by atoms with E-state index in [0.29, 0.717) is 11.6 Å². The second-order valence-electron chi connectivity index (χ2n) is 8.30. The molecule has 166 valence electrons. The van der Waals surface area contributed by atoms with Crippen molar-refractivity contribution in [2.24, 2.45) is 0 Å². The highest BCUT2D eigenvalue weighted by Gasteiger charge is 2.30. The highest BCUT2D eigenvalue weighted by atomic mass is 32.1. The van der Waals surface area contributed by atoms with E-state index in [1.54, 1.807) is 18.3 Å². The van der Waals surface area contributed by atoms with Crippen LogP contribution < -0.4 is 5.32 Å². The summed E-state index contributed by atoms with van der Waals surface area (Å²) in [6.45, 7) is 3.81. The maximum atomic E-state index is 13.5. The molecule has 3 aromatic heterocycles. The van der Waals surface area contributed by atoms with Gasteiger partial charge in [0.15, 0.2) is 4.96 Å². The number of halogens is 1. The van der Waals surface area contributed by atoms with Gasteiger partial charge in [-0.15, -0.1) is 11.3 Å². The summed E-state index contributed by atoms with van der Waals surface area (Å²) in [5, 5.41) is 16.2. The zero-order valence-corrected chi connectivity index (χ0v) is 18.9. The van der Waals surface area contributed by atoms with Crippen molar-refractivity contribution in [2.45, 2.75) is 25.5 Å². The standard InChI is InChI=1S/C25H22FN5OS/c1-25(2,22(32)17-6-4-3-5-7-17)30-23-27-13-12-19(28-23)21-20(16-8-10-18(26)11-9-16)29-24-31(21)14-15-33-24/h3-15,22,32H,1-2H3,(H,27,28,30). The molecule has 3 heterocycles. The maximum Gasteiger partial charge on any atom is 0.223 e. The molecule has 0 spiro atoms. The van der Waals surface area contributed by atoms with Gasteiger partial charge in [0.05, 0.1) is 16.9 Å². The van der Waals surface area contributed by atoms with Gasteiger partial charge in [0.25, 0.3) is 0 Å². The second kappa shape index (κ2) is 8.38. The summed E-state index contributed by atoms with van der Waals surface area (Å²) in [5.41, 5.74) is 3.06. The van der Waals surface area contributed by atoms with E-state index in [4.69, 9.17) is 9.97 Å². The van der Waals surface area contributed by atoms with Crippen LogP contribution in [-0.2, 0) is 0 Å². The molecule has 2 aromatic carbocycles. The minimum absolute atomic E-state index is 0.297. The third-order valence-corrected chi connectivity index (χ3v) is 6.27. The maximum absolute atomic E-state index is 13.5. The first-order valence-corrected chi connectivity index (χ1v) is 11.4. The van der Waals surface area contributed by atoms with Crippen LogP contribution >= 0.6 is 11.3 Å². The van der Waals surface area contributed by atoms with Crippen molar-refractivity contribution in [2.75, 3.05) is 5.32 Å². The Labute approximate surface area is 194 Å². The van der Waals surface area contributed by atoms with E-state index in [9.17, 15) is 9.50 Å². The van der Waals surface area contributed by atoms with Crippen molar-refractivity contribution >= 4 is 22.2 Å². The average Bonchev–Trinajstić information content (AvgIpc) is 3.41. The predicted molar refractivity (Wildman–Crippen MR) is 129 cm³/mol. The van der Waals surface area contributed by atoms with Crippen LogP contribution in [0.3, 0.4) is 0 Å². The summed E-state index contributed by atoms with van der Waals surface area (Å²) in [5.74, 6) is 0.0942. The Morgan fingerprint density at radius 3 is 2.55 bits per heavy atom. The first kappa shape index (κ1) is 21.2. The molecule has 0 aliphatic carbocycles. The number of aromatic nitrogens is 4. The molecule has 2 N–H and O–H groups in total. The molecule has 0 saturated heterocycles. The van der Waals surface area contributed by atoms with Gasteiger partial charge in [-0.05, 0) is 49.7 Å². The number of rotatable bonds is 6. The van der Waals surface area contributed by atoms with Crippen molar-refractivity contribution in [1.82, 2.24) is 19.4 Å². The molecule has 8 heteroatoms. The van der Waals surface area contributed by atoms with Gasteiger partial charge in [-0.1, -0.05) is 30.3 Å². The lowest BCUT2D eigenvalue weighted by molar-refractivity contribution is 0.115. The van der Waals surface area contributed by atoms with Gasteiger partial charge in [-0.25, -0.2) is 19.3 Å². The van der Waals surface area contributed by atoms with Crippen molar-refractivity contribution < 1.29 is 9.50 Å². The number of aliphatic hydroxyl groups excluding tert-OH is 1. The van der Waals surface area contributed by atoms with Crippen molar-refractivity contribution in [1.29, 1.82) is 0 Å². The van der Waals surface area contributed by atoms with Crippen LogP contribution in [0.15, 0.2) is 78.4 Å². The first-order chi connectivity index (χ1) is 15.9. The van der Waals surface area contributed by atoms with E-state index in [1.807, 2.05) is 66.2 Å². The molecule has 5 aromatic rings. The van der Waals surface area contributed by atoms with E-state index in [1.165, 1.54) is 23.5 Å². The highest BCUT2D eigenvalue weighted by molar-refractivity contribution is 7.15. The van der Waals surface area contributed by atoms with E-state index in [2.05, 4.69) is 10.3 Å². The molecule has 0 fully saturated rings. The number of nitrogens with one attached hydrogen (secondary N) is 1. The van der Waals surface area contributed by atoms with Gasteiger partial charge in [-0.3, -0.25) is 4.40 Å². The Morgan fingerprint density at radius 1 is 1.03 bits per heavy atom. The third-order valence-electron chi connectivity index (χ3n) is 5.51. The summed E-state index contributed by atoms with van der Waals surface area (Å²) in [6, 6.07) is 17.6. The van der Waals surface area contributed by atoms with Crippen LogP contribution in [0.5, 0.6) is 0 Å². The summed E-state index contributed by atoms with van der Waals surface area (Å²) >= 11 is 1.52. The summed E-state index contributed by atoms with van der Waals surface area (Å²) in [4.78, 5) is 14.7. The molecule has 0 radical (unpaired) electrons. The average molecular weight is 460 g/mol. The normalized spacial score (nSPS) is 12.7. The van der Waals surface area contributed by atoms with Gasteiger partial charge < -0.3 is 10.4 Å². The Bertz CT molecular complexity index is 1400. The smallest absolute Gasteiger partial charge is 0.223 e. The topological polar surface area (TPSA) is 75.3 Å². The van der Waals surface area contributed by atoms with Gasteiger partial charge in [0, 0.05) is 23.3 Å². The van der Waals surface area contributed by atoms with Crippen LogP contribution in [0.2, 0.25) is 0 Å². The fourth-order valence-electron chi connectivity index (χ4n) is 3.80. The summed E-state index contributed by atoms with van der Waals surface area (Å²) in [7, 11) is 0. The largest absolute Gasteiger partial charge is 0.386 e. The third kappa shape index (κ3) is 4.10. The Balaban J connectivity index is 1.53. The van der Waals surface area contributed by atoms with E-state index in [-0.39, 0.29) is 5.82 Å². The number of benzene rings is 2. The lowest BCUT2D eigenvalue weighted by Gasteiger charge is -2.32. The van der Waals surface area contributed by atoms with Crippen LogP contribution in [-0.4, -0.2) is 30.0 Å². The van der Waals surface area contributed by atoms with Crippen LogP contribution in [0.1, 0.15) is 25.5 Å². The van der Waals surface area contributed by atoms with Gasteiger partial charge >= 0.3 is 0 Å². The number of anilines is 1. The van der Waals surface area contributed by atoms with E-state index in [0.717, 1.165) is 27.5 Å². The van der Waals surface area contributed by atoms with Crippen molar-refractivity contribution in [3.8, 4) is 22.6 Å². The van der Waals surface area contributed by atoms with Gasteiger partial charge in [-0.2, -0.15) is 0 Å². The molecule has 0 aliphatic rings. The first-order valence-electron chi connectivity index (χ1n) is 10.5. The predicted octanol–water partition coefficient (Wildman–Crippen LogP) is 5.58. The SMILES string of the molecule is CC(C)(Nc1nccc(-c2c(-c3ccc(F)cc3)nc3sccn23)n1)C(O)c1ccccc1. The number of thiazole rings is 1. The van der Waals surface area contributed by atoms with Crippen molar-refractivity contribution in [3.05, 3.63) is 89.8 Å². The van der Waals surface area contributed by atoms with E-state index >= 15 is 0 Å². The lowest BCUT2D eigenvalue weighted by Crippen LogP contribution is -2.38. The molecule has 6 nitrogen and oxygen atoms in total. The molecule has 0 saturated carbocycles. The van der Waals surface area contributed by atoms with Crippen LogP contribution in [0.4, 0.5) is 10.3 Å². The minimum atomic E-state index is -0.765. The second-order valence-corrected chi connectivity index (χ2v) is 9.17. The number of nitrogens with zero attached hydrogens (tertiary/aromatic N) is 4. The monoisotopic (exact) mass is 459 g/mol. The van der Waals surface area contributed by atoms with Crippen LogP contribution in [0.25, 0.3) is 27.6 Å². The lowest BCUT2D eigenvalue weighted by atomic mass is 9.91. The number of hydrogen-bond acceptors (Lipinski definition) is 6. The molecule has 5 rings (SSSR count). The molecule has 0 aliphatic heterocycles. The minimum Gasteiger partial charge on any atom is -0.386 e. The quantitative estimate of drug-likeness (QED) is 0.347. The highest BCUT2D eigenvalue weighted by Crippen LogP contribution is 2.34. The Kier molecular flexibility index (Phi) is 5.39. The molecule has 1 atom stereocenters. The summed E-state index contributed by atoms with van der Waals surface area (Å²) in [6.07, 6.45) is 2.85. The molecular formula is C25H22FN5OS. The molecule has 33 heavy (non-hydrogen) atoms. The molecule has 0 amide bonds. The molecular weight excluding hydrogens is 437 g/mol. The number of hydrogen-bond donors (Lipinski definition) is 2. The van der Waals surface area contributed by atoms with Gasteiger partial charge in [0.2, 0.25) is 5.95 Å². The number of fused-ring (bicyclic) bond motifs is 1. The van der Waals surface area contributed by atoms with Crippen LogP contribution in [0, 0.1) is 5.82 Å². The fourth-order valence-corrected chi connectivity index (χ4v) is 4.51. The van der Waals surface area contributed by atoms with Crippen molar-refractivity contribution in [3.63, 3.8) is 0 Å². The Hall–Kier alpha value is -3.62. The zero-order valence-electron chi connectivity index (χ0n) is 18.1. The molecule has 0 bridgehead atoms. The van der Waals surface area contributed by atoms with Gasteiger partial charge in [0.1, 0.15) is 17.6 Å². The summed E-state index contributed by atoms with van der Waals surface area (Å²) < 4.78 is 15.5. The fraction of sp³-hybridized carbons (Fsp3) is 0.160. The Morgan fingerprint density at radius 2 is 1.79 bits per heavy atom. The van der Waals surface area contributed by atoms with E-state index < -0.39 is 11.6 Å².